The van der Waals surface area contributed by atoms with E-state index >= 15 is 0 Å². The molecule has 1 aromatic carbocycles. The zero-order chi connectivity index (χ0) is 16.2. The maximum atomic E-state index is 12.4. The Labute approximate surface area is 133 Å². The van der Waals surface area contributed by atoms with E-state index in [-0.39, 0.29) is 23.3 Å². The van der Waals surface area contributed by atoms with Crippen LogP contribution in [0.25, 0.3) is 11.6 Å². The SMILES string of the molecule is CC(NC(=O)c1cnc(-c2ccco2)nc1N)c1ccccc1. The molecule has 3 aromatic rings. The molecule has 6 nitrogen and oxygen atoms in total. The third-order valence-corrected chi connectivity index (χ3v) is 3.45. The van der Waals surface area contributed by atoms with E-state index < -0.39 is 0 Å². The number of hydrogen-bond acceptors (Lipinski definition) is 5. The highest BCUT2D eigenvalue weighted by atomic mass is 16.3. The minimum atomic E-state index is -0.315. The maximum absolute atomic E-state index is 12.4. The fourth-order valence-corrected chi connectivity index (χ4v) is 2.19. The molecule has 3 rings (SSSR count). The molecule has 0 aliphatic carbocycles. The normalized spacial score (nSPS) is 11.9. The van der Waals surface area contributed by atoms with Gasteiger partial charge in [-0.15, -0.1) is 0 Å². The van der Waals surface area contributed by atoms with Gasteiger partial charge in [0.05, 0.1) is 17.9 Å². The number of nitrogens with two attached hydrogens (primary N) is 1. The van der Waals surface area contributed by atoms with Gasteiger partial charge in [0.15, 0.2) is 11.6 Å². The van der Waals surface area contributed by atoms with Crippen LogP contribution < -0.4 is 11.1 Å². The van der Waals surface area contributed by atoms with Crippen molar-refractivity contribution in [1.82, 2.24) is 15.3 Å². The van der Waals surface area contributed by atoms with Crippen molar-refractivity contribution in [1.29, 1.82) is 0 Å². The highest BCUT2D eigenvalue weighted by Gasteiger charge is 2.16. The van der Waals surface area contributed by atoms with Crippen molar-refractivity contribution in [3.63, 3.8) is 0 Å². The van der Waals surface area contributed by atoms with Gasteiger partial charge in [0.25, 0.3) is 5.91 Å². The quantitative estimate of drug-likeness (QED) is 0.773. The molecule has 23 heavy (non-hydrogen) atoms. The lowest BCUT2D eigenvalue weighted by molar-refractivity contribution is 0.0940. The van der Waals surface area contributed by atoms with E-state index in [1.807, 2.05) is 37.3 Å². The molecule has 1 unspecified atom stereocenters. The summed E-state index contributed by atoms with van der Waals surface area (Å²) in [5.41, 5.74) is 7.14. The molecular weight excluding hydrogens is 292 g/mol. The van der Waals surface area contributed by atoms with Crippen LogP contribution in [0.2, 0.25) is 0 Å². The number of rotatable bonds is 4. The van der Waals surface area contributed by atoms with E-state index in [1.165, 1.54) is 12.5 Å². The molecule has 116 valence electrons. The molecule has 6 heteroatoms. The maximum Gasteiger partial charge on any atom is 0.257 e. The Bertz CT molecular complexity index is 801. The second-order valence-electron chi connectivity index (χ2n) is 5.08. The molecular formula is C17H16N4O2. The van der Waals surface area contributed by atoms with Gasteiger partial charge in [-0.1, -0.05) is 30.3 Å². The number of nitrogens with zero attached hydrogens (tertiary/aromatic N) is 2. The van der Waals surface area contributed by atoms with Crippen molar-refractivity contribution < 1.29 is 9.21 Å². The number of aromatic nitrogens is 2. The summed E-state index contributed by atoms with van der Waals surface area (Å²) in [6.07, 6.45) is 2.93. The van der Waals surface area contributed by atoms with Crippen LogP contribution in [0.4, 0.5) is 5.82 Å². The number of carbonyl (C=O) groups is 1. The lowest BCUT2D eigenvalue weighted by atomic mass is 10.1. The molecule has 2 heterocycles. The summed E-state index contributed by atoms with van der Waals surface area (Å²) in [6, 6.07) is 13.0. The lowest BCUT2D eigenvalue weighted by Gasteiger charge is -2.14. The smallest absolute Gasteiger partial charge is 0.257 e. The van der Waals surface area contributed by atoms with Crippen molar-refractivity contribution in [2.24, 2.45) is 0 Å². The Balaban J connectivity index is 1.77. The Kier molecular flexibility index (Phi) is 4.05. The van der Waals surface area contributed by atoms with E-state index in [2.05, 4.69) is 15.3 Å². The molecule has 0 fully saturated rings. The first kappa shape index (κ1) is 14.8. The summed E-state index contributed by atoms with van der Waals surface area (Å²) in [5.74, 6) is 0.649. The molecule has 0 radical (unpaired) electrons. The van der Waals surface area contributed by atoms with Crippen LogP contribution in [0.3, 0.4) is 0 Å². The molecule has 2 aromatic heterocycles. The van der Waals surface area contributed by atoms with Crippen LogP contribution >= 0.6 is 0 Å². The third kappa shape index (κ3) is 3.21. The molecule has 0 saturated carbocycles. The first-order valence-corrected chi connectivity index (χ1v) is 7.17. The van der Waals surface area contributed by atoms with Crippen LogP contribution in [0, 0.1) is 0 Å². The minimum absolute atomic E-state index is 0.115. The standard InChI is InChI=1S/C17H16N4O2/c1-11(12-6-3-2-4-7-12)20-17(22)13-10-19-16(21-15(13)18)14-8-5-9-23-14/h2-11H,1H3,(H,20,22)(H2,18,19,21). The number of nitrogens with one attached hydrogen (secondary N) is 1. The Hall–Kier alpha value is -3.15. The number of amides is 1. The van der Waals surface area contributed by atoms with Crippen molar-refractivity contribution in [2.45, 2.75) is 13.0 Å². The van der Waals surface area contributed by atoms with Gasteiger partial charge in [0, 0.05) is 6.20 Å². The first-order chi connectivity index (χ1) is 11.1. The van der Waals surface area contributed by atoms with Gasteiger partial charge in [-0.3, -0.25) is 4.79 Å². The van der Waals surface area contributed by atoms with E-state index in [9.17, 15) is 4.79 Å². The minimum Gasteiger partial charge on any atom is -0.461 e. The molecule has 0 aliphatic heterocycles. The van der Waals surface area contributed by atoms with Crippen molar-refractivity contribution in [2.75, 3.05) is 5.73 Å². The monoisotopic (exact) mass is 308 g/mol. The number of benzene rings is 1. The predicted octanol–water partition coefficient (Wildman–Crippen LogP) is 2.81. The highest BCUT2D eigenvalue weighted by Crippen LogP contribution is 2.19. The number of carbonyl (C=O) groups excluding carboxylic acids is 1. The van der Waals surface area contributed by atoms with Gasteiger partial charge in [-0.2, -0.15) is 0 Å². The molecule has 1 atom stereocenters. The number of anilines is 1. The Morgan fingerprint density at radius 2 is 2.00 bits per heavy atom. The van der Waals surface area contributed by atoms with E-state index in [1.54, 1.807) is 12.1 Å². The summed E-state index contributed by atoms with van der Waals surface area (Å²) in [4.78, 5) is 20.6. The van der Waals surface area contributed by atoms with E-state index in [4.69, 9.17) is 10.2 Å². The molecule has 0 spiro atoms. The van der Waals surface area contributed by atoms with Crippen LogP contribution in [-0.4, -0.2) is 15.9 Å². The van der Waals surface area contributed by atoms with Crippen LogP contribution in [0.5, 0.6) is 0 Å². The van der Waals surface area contributed by atoms with Gasteiger partial charge in [-0.05, 0) is 24.6 Å². The van der Waals surface area contributed by atoms with E-state index in [0.717, 1.165) is 5.56 Å². The summed E-state index contributed by atoms with van der Waals surface area (Å²) in [5, 5.41) is 2.89. The zero-order valence-corrected chi connectivity index (χ0v) is 12.6. The Morgan fingerprint density at radius 3 is 2.65 bits per heavy atom. The van der Waals surface area contributed by atoms with Crippen LogP contribution in [-0.2, 0) is 0 Å². The largest absolute Gasteiger partial charge is 0.461 e. The van der Waals surface area contributed by atoms with Crippen LogP contribution in [0.15, 0.2) is 59.3 Å². The predicted molar refractivity (Wildman–Crippen MR) is 86.5 cm³/mol. The van der Waals surface area contributed by atoms with Crippen molar-refractivity contribution in [3.05, 3.63) is 66.1 Å². The second-order valence-corrected chi connectivity index (χ2v) is 5.08. The number of hydrogen-bond donors (Lipinski definition) is 2. The number of furan rings is 1. The molecule has 1 amide bonds. The molecule has 3 N–H and O–H groups in total. The van der Waals surface area contributed by atoms with Gasteiger partial charge in [-0.25, -0.2) is 9.97 Å². The summed E-state index contributed by atoms with van der Waals surface area (Å²) < 4.78 is 5.22. The fraction of sp³-hybridized carbons (Fsp3) is 0.118. The van der Waals surface area contributed by atoms with Crippen LogP contribution in [0.1, 0.15) is 28.9 Å². The second kappa shape index (κ2) is 6.31. The lowest BCUT2D eigenvalue weighted by Crippen LogP contribution is -2.27. The molecule has 0 bridgehead atoms. The molecule has 0 saturated heterocycles. The Morgan fingerprint density at radius 1 is 1.22 bits per heavy atom. The number of nitrogen functional groups attached to an aromatic ring is 1. The summed E-state index contributed by atoms with van der Waals surface area (Å²) in [6.45, 7) is 1.90. The van der Waals surface area contributed by atoms with Crippen molar-refractivity contribution >= 4 is 11.7 Å². The third-order valence-electron chi connectivity index (χ3n) is 3.45. The fourth-order valence-electron chi connectivity index (χ4n) is 2.19. The van der Waals surface area contributed by atoms with Gasteiger partial charge in [0.2, 0.25) is 0 Å². The average molecular weight is 308 g/mol. The topological polar surface area (TPSA) is 94.0 Å². The van der Waals surface area contributed by atoms with E-state index in [0.29, 0.717) is 11.6 Å². The summed E-state index contributed by atoms with van der Waals surface area (Å²) in [7, 11) is 0. The highest BCUT2D eigenvalue weighted by molar-refractivity contribution is 5.98. The van der Waals surface area contributed by atoms with Crippen molar-refractivity contribution in [3.8, 4) is 11.6 Å². The average Bonchev–Trinajstić information content (AvgIpc) is 3.10. The van der Waals surface area contributed by atoms with Gasteiger partial charge in [0.1, 0.15) is 5.82 Å². The summed E-state index contributed by atoms with van der Waals surface area (Å²) >= 11 is 0. The first-order valence-electron chi connectivity index (χ1n) is 7.17. The van der Waals surface area contributed by atoms with Gasteiger partial charge < -0.3 is 15.5 Å². The van der Waals surface area contributed by atoms with Gasteiger partial charge >= 0.3 is 0 Å². The molecule has 0 aliphatic rings. The zero-order valence-electron chi connectivity index (χ0n) is 12.6.